The van der Waals surface area contributed by atoms with Gasteiger partial charge in [-0.3, -0.25) is 14.4 Å². The molecule has 7 nitrogen and oxygen atoms in total. The van der Waals surface area contributed by atoms with Gasteiger partial charge in [0.25, 0.3) is 0 Å². The fourth-order valence-corrected chi connectivity index (χ4v) is 5.45. The molecule has 3 aliphatic rings. The Morgan fingerprint density at radius 2 is 1.88 bits per heavy atom. The number of imide groups is 1. The van der Waals surface area contributed by atoms with E-state index in [-0.39, 0.29) is 18.2 Å². The first-order valence-corrected chi connectivity index (χ1v) is 10.1. The lowest BCUT2D eigenvalue weighted by Gasteiger charge is -2.34. The van der Waals surface area contributed by atoms with Crippen molar-refractivity contribution >= 4 is 23.5 Å². The van der Waals surface area contributed by atoms with Gasteiger partial charge in [-0.05, 0) is 52.3 Å². The van der Waals surface area contributed by atoms with Crippen LogP contribution in [0.5, 0.6) is 0 Å². The van der Waals surface area contributed by atoms with Crippen LogP contribution in [0.2, 0.25) is 0 Å². The van der Waals surface area contributed by atoms with Gasteiger partial charge in [-0.2, -0.15) is 18.4 Å². The van der Waals surface area contributed by atoms with Crippen molar-refractivity contribution in [2.24, 2.45) is 17.8 Å². The lowest BCUT2D eigenvalue weighted by Crippen LogP contribution is -2.49. The molecule has 2 amide bonds. The molecule has 0 N–H and O–H groups in total. The second kappa shape index (κ2) is 6.78. The van der Waals surface area contributed by atoms with Crippen LogP contribution in [0, 0.1) is 29.1 Å². The van der Waals surface area contributed by atoms with Gasteiger partial charge in [0, 0.05) is 0 Å². The number of nitriles is 1. The molecule has 3 aliphatic heterocycles. The number of esters is 1. The van der Waals surface area contributed by atoms with Gasteiger partial charge >= 0.3 is 12.1 Å². The first kappa shape index (κ1) is 22.3. The summed E-state index contributed by atoms with van der Waals surface area (Å²) in [5, 5.41) is 9.00. The van der Waals surface area contributed by atoms with Crippen molar-refractivity contribution in [1.29, 1.82) is 5.26 Å². The quantitative estimate of drug-likeness (QED) is 0.518. The van der Waals surface area contributed by atoms with Gasteiger partial charge < -0.3 is 9.47 Å². The number of hydrogen-bond donors (Lipinski definition) is 0. The molecule has 10 heteroatoms. The molecular formula is C22H21F3N2O5. The number of ether oxygens (including phenoxy) is 2. The number of carbonyl (C=O) groups is 3. The Labute approximate surface area is 182 Å². The maximum Gasteiger partial charge on any atom is 0.417 e. The number of benzene rings is 1. The summed E-state index contributed by atoms with van der Waals surface area (Å²) in [7, 11) is 0. The molecule has 0 aliphatic carbocycles. The van der Waals surface area contributed by atoms with Crippen LogP contribution in [0.3, 0.4) is 0 Å². The fraction of sp³-hybridized carbons (Fsp3) is 0.545. The van der Waals surface area contributed by atoms with Gasteiger partial charge in [0.05, 0.1) is 57.9 Å². The van der Waals surface area contributed by atoms with Crippen LogP contribution in [0.15, 0.2) is 18.2 Å². The normalized spacial score (nSPS) is 33.6. The van der Waals surface area contributed by atoms with E-state index in [0.29, 0.717) is 6.07 Å². The smallest absolute Gasteiger partial charge is 0.417 e. The van der Waals surface area contributed by atoms with E-state index in [1.165, 1.54) is 6.07 Å². The number of halogens is 3. The molecule has 2 bridgehead atoms. The van der Waals surface area contributed by atoms with E-state index in [2.05, 4.69) is 0 Å². The molecule has 4 rings (SSSR count). The third-order valence-corrected chi connectivity index (χ3v) is 6.66. The highest BCUT2D eigenvalue weighted by molar-refractivity contribution is 6.23. The maximum atomic E-state index is 13.4. The number of amides is 2. The molecule has 0 saturated carbocycles. The number of carbonyl (C=O) groups excluding carboxylic acids is 3. The van der Waals surface area contributed by atoms with Crippen LogP contribution in [0.25, 0.3) is 0 Å². The summed E-state index contributed by atoms with van der Waals surface area (Å²) in [4.78, 5) is 40.0. The molecule has 1 aromatic carbocycles. The monoisotopic (exact) mass is 450 g/mol. The zero-order valence-corrected chi connectivity index (χ0v) is 17.8. The van der Waals surface area contributed by atoms with Crippen LogP contribution in [-0.2, 0) is 30.0 Å². The van der Waals surface area contributed by atoms with E-state index in [0.717, 1.165) is 17.0 Å². The lowest BCUT2D eigenvalue weighted by atomic mass is 9.64. The molecule has 5 atom stereocenters. The van der Waals surface area contributed by atoms with Gasteiger partial charge in [-0.15, -0.1) is 0 Å². The predicted molar refractivity (Wildman–Crippen MR) is 103 cm³/mol. The molecule has 170 valence electrons. The average molecular weight is 450 g/mol. The second-order valence-electron chi connectivity index (χ2n) is 9.15. The molecule has 0 radical (unpaired) electrons. The lowest BCUT2D eigenvalue weighted by molar-refractivity contribution is -0.160. The third kappa shape index (κ3) is 2.94. The molecule has 3 unspecified atom stereocenters. The molecular weight excluding hydrogens is 429 g/mol. The Kier molecular flexibility index (Phi) is 4.72. The van der Waals surface area contributed by atoms with Crippen LogP contribution < -0.4 is 4.90 Å². The Hall–Kier alpha value is -2.93. The van der Waals surface area contributed by atoms with E-state index in [1.54, 1.807) is 27.7 Å². The highest BCUT2D eigenvalue weighted by atomic mass is 19.4. The maximum absolute atomic E-state index is 13.4. The summed E-state index contributed by atoms with van der Waals surface area (Å²) in [6.07, 6.45) is -5.07. The van der Waals surface area contributed by atoms with Gasteiger partial charge in [0.1, 0.15) is 0 Å². The van der Waals surface area contributed by atoms with Crippen LogP contribution in [0.1, 0.15) is 45.2 Å². The van der Waals surface area contributed by atoms with E-state index in [1.807, 2.05) is 0 Å². The largest absolute Gasteiger partial charge is 0.463 e. The van der Waals surface area contributed by atoms with Crippen molar-refractivity contribution in [3.63, 3.8) is 0 Å². The molecule has 0 spiro atoms. The van der Waals surface area contributed by atoms with Crippen LogP contribution in [0.4, 0.5) is 18.9 Å². The number of rotatable bonds is 3. The van der Waals surface area contributed by atoms with Gasteiger partial charge in [0.2, 0.25) is 11.8 Å². The molecule has 3 heterocycles. The average Bonchev–Trinajstić information content (AvgIpc) is 3.21. The van der Waals surface area contributed by atoms with E-state index in [9.17, 15) is 27.6 Å². The van der Waals surface area contributed by atoms with E-state index < -0.39 is 64.0 Å². The summed E-state index contributed by atoms with van der Waals surface area (Å²) in [5.74, 6) is -4.72. The topological polar surface area (TPSA) is 96.7 Å². The summed E-state index contributed by atoms with van der Waals surface area (Å²) >= 11 is 0. The molecule has 0 aromatic heterocycles. The first-order valence-electron chi connectivity index (χ1n) is 10.1. The SMILES string of the molecule is CC(C)OC(=O)[C@@H]1CC2(C)OC1(C)C1C(=O)N(c3ccc(C#N)c(C(F)(F)F)c3)C(=O)[C@@H]12. The van der Waals surface area contributed by atoms with Gasteiger partial charge in [-0.25, -0.2) is 4.90 Å². The molecule has 3 saturated heterocycles. The highest BCUT2D eigenvalue weighted by Crippen LogP contribution is 2.63. The summed E-state index contributed by atoms with van der Waals surface area (Å²) in [6.45, 7) is 6.58. The van der Waals surface area contributed by atoms with Crippen molar-refractivity contribution in [3.8, 4) is 6.07 Å². The summed E-state index contributed by atoms with van der Waals surface area (Å²) < 4.78 is 51.6. The Morgan fingerprint density at radius 3 is 2.44 bits per heavy atom. The standard InChI is InChI=1S/C22H21F3N2O5/c1-10(2)31-19(30)14-8-20(3)15-16(21(14,4)32-20)18(29)27(17(15)28)12-6-5-11(9-26)13(7-12)22(23,24)25/h5-7,10,14-16H,8H2,1-4H3/t14-,15+,16?,20?,21?/m0/s1. The third-order valence-electron chi connectivity index (χ3n) is 6.66. The van der Waals surface area contributed by atoms with Crippen molar-refractivity contribution in [3.05, 3.63) is 29.3 Å². The second-order valence-corrected chi connectivity index (χ2v) is 9.15. The summed E-state index contributed by atoms with van der Waals surface area (Å²) in [5.41, 5.74) is -4.58. The molecule has 1 aromatic rings. The zero-order chi connectivity index (χ0) is 23.8. The molecule has 3 fully saturated rings. The highest BCUT2D eigenvalue weighted by Gasteiger charge is 2.77. The number of nitrogens with zero attached hydrogens (tertiary/aromatic N) is 2. The van der Waals surface area contributed by atoms with Crippen molar-refractivity contribution in [1.82, 2.24) is 0 Å². The van der Waals surface area contributed by atoms with Crippen molar-refractivity contribution in [2.75, 3.05) is 4.90 Å². The Morgan fingerprint density at radius 1 is 1.25 bits per heavy atom. The molecule has 32 heavy (non-hydrogen) atoms. The minimum absolute atomic E-state index is 0.157. The minimum atomic E-state index is -4.84. The number of fused-ring (bicyclic) bond motifs is 5. The Bertz CT molecular complexity index is 1080. The van der Waals surface area contributed by atoms with Crippen molar-refractivity contribution < 1.29 is 37.0 Å². The summed E-state index contributed by atoms with van der Waals surface area (Å²) in [6, 6.07) is 4.18. The zero-order valence-electron chi connectivity index (χ0n) is 17.8. The number of alkyl halides is 3. The number of anilines is 1. The Balaban J connectivity index is 1.75. The fourth-order valence-electron chi connectivity index (χ4n) is 5.45. The minimum Gasteiger partial charge on any atom is -0.463 e. The van der Waals surface area contributed by atoms with Crippen LogP contribution >= 0.6 is 0 Å². The van der Waals surface area contributed by atoms with E-state index in [4.69, 9.17) is 14.7 Å². The van der Waals surface area contributed by atoms with E-state index >= 15 is 0 Å². The van der Waals surface area contributed by atoms with Gasteiger partial charge in [-0.1, -0.05) is 0 Å². The van der Waals surface area contributed by atoms with Crippen molar-refractivity contribution in [2.45, 2.75) is 57.6 Å². The van der Waals surface area contributed by atoms with Gasteiger partial charge in [0.15, 0.2) is 0 Å². The predicted octanol–water partition coefficient (Wildman–Crippen LogP) is 3.20. The van der Waals surface area contributed by atoms with Crippen LogP contribution in [-0.4, -0.2) is 35.1 Å². The first-order chi connectivity index (χ1) is 14.7. The number of hydrogen-bond acceptors (Lipinski definition) is 6.